The van der Waals surface area contributed by atoms with Crippen molar-refractivity contribution in [2.24, 2.45) is 0 Å². The van der Waals surface area contributed by atoms with Crippen molar-refractivity contribution in [3.05, 3.63) is 75.1 Å². The van der Waals surface area contributed by atoms with E-state index >= 15 is 0 Å². The third kappa shape index (κ3) is 3.45. The Kier molecular flexibility index (Phi) is 6.45. The van der Waals surface area contributed by atoms with Crippen LogP contribution < -0.4 is 51.2 Å². The monoisotopic (exact) mass is 574 g/mol. The number of allylic oxidation sites excluding steroid dienone is 4. The summed E-state index contributed by atoms with van der Waals surface area (Å²) in [5.74, 6) is 0. The van der Waals surface area contributed by atoms with Crippen molar-refractivity contribution in [3.8, 4) is 11.1 Å². The summed E-state index contributed by atoms with van der Waals surface area (Å²) < 4.78 is 3.38. The molecular formula is C18H14I2Zr. The molecule has 0 bridgehead atoms. The maximum Gasteiger partial charge on any atom is -1.00 e. The molecule has 0 nitrogen and oxygen atoms in total. The summed E-state index contributed by atoms with van der Waals surface area (Å²) in [5, 5.41) is 0. The minimum absolute atomic E-state index is 0. The van der Waals surface area contributed by atoms with E-state index in [0.717, 1.165) is 6.42 Å². The van der Waals surface area contributed by atoms with E-state index < -0.39 is 23.2 Å². The van der Waals surface area contributed by atoms with Crippen molar-refractivity contribution >= 4 is 3.27 Å². The minimum atomic E-state index is -0.581. The third-order valence-electron chi connectivity index (χ3n) is 3.92. The molecule has 2 aromatic rings. The first-order valence-corrected chi connectivity index (χ1v) is 9.20. The van der Waals surface area contributed by atoms with Gasteiger partial charge in [-0.15, -0.1) is 0 Å². The van der Waals surface area contributed by atoms with Crippen molar-refractivity contribution in [3.63, 3.8) is 0 Å². The molecule has 0 amide bonds. The van der Waals surface area contributed by atoms with Crippen LogP contribution in [0.25, 0.3) is 11.1 Å². The van der Waals surface area contributed by atoms with Crippen LogP contribution >= 0.6 is 0 Å². The molecule has 4 rings (SSSR count). The standard InChI is InChI=1S/C13H9.C5H5.2HI.Zr/c1-3-7-12-10(5-1)9-11-6-2-4-8-13(11)12;1-2-4-5-3-1;;;/h1-5,7-8H,9H2;1-3H,4H2;2*1H;/q;;;;+2/p-2. The molecule has 0 radical (unpaired) electrons. The summed E-state index contributed by atoms with van der Waals surface area (Å²) in [6.07, 6.45) is 9.18. The third-order valence-corrected chi connectivity index (χ3v) is 7.43. The SMILES string of the molecule is C1=CC[C]([Zr+2][c]2cccc3c2Cc2ccccc2-3)=C1.[I-].[I-]. The predicted octanol–water partition coefficient (Wildman–Crippen LogP) is -2.18. The maximum absolute atomic E-state index is 2.37. The van der Waals surface area contributed by atoms with Crippen LogP contribution in [0.4, 0.5) is 0 Å². The number of hydrogen-bond donors (Lipinski definition) is 0. The Balaban J connectivity index is 0.000000807. The van der Waals surface area contributed by atoms with E-state index in [1.54, 1.807) is 12.1 Å². The van der Waals surface area contributed by atoms with Crippen LogP contribution in [0.1, 0.15) is 17.5 Å². The summed E-state index contributed by atoms with van der Waals surface area (Å²) in [6.45, 7) is 0. The zero-order chi connectivity index (χ0) is 12.7. The first-order valence-electron chi connectivity index (χ1n) is 6.75. The van der Waals surface area contributed by atoms with Crippen molar-refractivity contribution in [2.75, 3.05) is 0 Å². The number of rotatable bonds is 2. The van der Waals surface area contributed by atoms with Gasteiger partial charge in [-0.2, -0.15) is 0 Å². The van der Waals surface area contributed by atoms with Crippen LogP contribution in [-0.4, -0.2) is 0 Å². The van der Waals surface area contributed by atoms with Gasteiger partial charge in [0.05, 0.1) is 0 Å². The van der Waals surface area contributed by atoms with Crippen molar-refractivity contribution in [1.29, 1.82) is 0 Å². The van der Waals surface area contributed by atoms with E-state index in [2.05, 4.69) is 60.7 Å². The fourth-order valence-electron chi connectivity index (χ4n) is 2.99. The smallest absolute Gasteiger partial charge is 1.00 e. The van der Waals surface area contributed by atoms with Gasteiger partial charge < -0.3 is 48.0 Å². The van der Waals surface area contributed by atoms with Gasteiger partial charge in [0, 0.05) is 0 Å². The molecule has 0 heterocycles. The predicted molar refractivity (Wildman–Crippen MR) is 76.2 cm³/mol. The molecule has 0 spiro atoms. The molecule has 0 saturated carbocycles. The molecule has 2 aromatic carbocycles. The fourth-order valence-corrected chi connectivity index (χ4v) is 6.18. The van der Waals surface area contributed by atoms with E-state index in [1.165, 1.54) is 23.1 Å². The van der Waals surface area contributed by atoms with Gasteiger partial charge in [0.15, 0.2) is 0 Å². The van der Waals surface area contributed by atoms with Crippen LogP contribution in [0.3, 0.4) is 0 Å². The van der Waals surface area contributed by atoms with Crippen LogP contribution in [0.2, 0.25) is 0 Å². The summed E-state index contributed by atoms with van der Waals surface area (Å²) in [5.41, 5.74) is 6.06. The minimum Gasteiger partial charge on any atom is -1.00 e. The van der Waals surface area contributed by atoms with E-state index in [0.29, 0.717) is 0 Å². The quantitative estimate of drug-likeness (QED) is 0.305. The molecular weight excluding hydrogens is 561 g/mol. The Morgan fingerprint density at radius 2 is 1.67 bits per heavy atom. The van der Waals surface area contributed by atoms with Crippen molar-refractivity contribution < 1.29 is 71.2 Å². The summed E-state index contributed by atoms with van der Waals surface area (Å²) >= 11 is -0.581. The van der Waals surface area contributed by atoms with Gasteiger partial charge >= 0.3 is 126 Å². The second-order valence-electron chi connectivity index (χ2n) is 5.11. The summed E-state index contributed by atoms with van der Waals surface area (Å²) in [6, 6.07) is 15.8. The normalized spacial score (nSPS) is 13.4. The molecule has 21 heavy (non-hydrogen) atoms. The Morgan fingerprint density at radius 1 is 0.857 bits per heavy atom. The van der Waals surface area contributed by atoms with Gasteiger partial charge in [0.2, 0.25) is 0 Å². The topological polar surface area (TPSA) is 0 Å². The van der Waals surface area contributed by atoms with Gasteiger partial charge in [-0.05, 0) is 0 Å². The van der Waals surface area contributed by atoms with E-state index in [1.807, 2.05) is 0 Å². The Labute approximate surface area is 171 Å². The molecule has 0 fully saturated rings. The van der Waals surface area contributed by atoms with E-state index in [4.69, 9.17) is 0 Å². The van der Waals surface area contributed by atoms with Gasteiger partial charge in [-0.3, -0.25) is 0 Å². The van der Waals surface area contributed by atoms with Gasteiger partial charge in [0.1, 0.15) is 0 Å². The molecule has 104 valence electrons. The average molecular weight is 575 g/mol. The molecule has 3 heteroatoms. The molecule has 2 aliphatic rings. The number of benzene rings is 2. The van der Waals surface area contributed by atoms with Crippen LogP contribution in [0.5, 0.6) is 0 Å². The molecule has 0 saturated heterocycles. The van der Waals surface area contributed by atoms with Crippen LogP contribution in [0, 0.1) is 0 Å². The first kappa shape index (κ1) is 17.6. The molecule has 0 aliphatic heterocycles. The first-order chi connectivity index (χ1) is 9.42. The van der Waals surface area contributed by atoms with Crippen molar-refractivity contribution in [1.82, 2.24) is 0 Å². The molecule has 0 atom stereocenters. The maximum atomic E-state index is 2.37. The number of halogens is 2. The van der Waals surface area contributed by atoms with Gasteiger partial charge in [-0.25, -0.2) is 0 Å². The fraction of sp³-hybridized carbons (Fsp3) is 0.111. The summed E-state index contributed by atoms with van der Waals surface area (Å²) in [7, 11) is 0. The Bertz CT molecular complexity index is 717. The van der Waals surface area contributed by atoms with Crippen molar-refractivity contribution in [2.45, 2.75) is 12.8 Å². The Hall–Kier alpha value is 0.263. The zero-order valence-corrected chi connectivity index (χ0v) is 18.2. The van der Waals surface area contributed by atoms with Gasteiger partial charge in [-0.1, -0.05) is 0 Å². The Morgan fingerprint density at radius 3 is 2.48 bits per heavy atom. The van der Waals surface area contributed by atoms with E-state index in [-0.39, 0.29) is 48.0 Å². The van der Waals surface area contributed by atoms with Crippen LogP contribution in [-0.2, 0) is 29.7 Å². The van der Waals surface area contributed by atoms with Crippen LogP contribution in [0.15, 0.2) is 64.0 Å². The second-order valence-corrected chi connectivity index (χ2v) is 8.63. The zero-order valence-electron chi connectivity index (χ0n) is 11.4. The average Bonchev–Trinajstić information content (AvgIpc) is 3.06. The number of hydrogen-bond acceptors (Lipinski definition) is 0. The molecule has 0 unspecified atom stereocenters. The summed E-state index contributed by atoms with van der Waals surface area (Å²) in [4.78, 5) is 0. The number of fused-ring (bicyclic) bond motifs is 3. The van der Waals surface area contributed by atoms with E-state index in [9.17, 15) is 0 Å². The largest absolute Gasteiger partial charge is 1.00 e. The van der Waals surface area contributed by atoms with Gasteiger partial charge in [0.25, 0.3) is 0 Å². The molecule has 2 aliphatic carbocycles. The second kappa shape index (κ2) is 7.69. The molecule has 0 aromatic heterocycles. The molecule has 0 N–H and O–H groups in total.